The van der Waals surface area contributed by atoms with Crippen molar-refractivity contribution in [1.82, 2.24) is 0 Å². The predicted octanol–water partition coefficient (Wildman–Crippen LogP) is 1.34. The minimum atomic E-state index is -1.08. The number of hydrogen-bond donors (Lipinski definition) is 2. The molecule has 1 aromatic carbocycles. The van der Waals surface area contributed by atoms with Gasteiger partial charge in [-0.25, -0.2) is 4.79 Å². The van der Waals surface area contributed by atoms with E-state index in [-0.39, 0.29) is 23.8 Å². The molecule has 0 heterocycles. The minimum Gasteiger partial charge on any atom is -0.478 e. The smallest absolute Gasteiger partial charge is 0.339 e. The summed E-state index contributed by atoms with van der Waals surface area (Å²) < 4.78 is 10.1. The molecule has 0 bridgehead atoms. The molecular formula is C10H13NO4. The lowest BCUT2D eigenvalue weighted by Gasteiger charge is -2.10. The maximum Gasteiger partial charge on any atom is 0.339 e. The molecule has 5 nitrogen and oxygen atoms in total. The van der Waals surface area contributed by atoms with Gasteiger partial charge in [-0.2, -0.15) is 0 Å². The summed E-state index contributed by atoms with van der Waals surface area (Å²) in [6.45, 7) is 2.30. The van der Waals surface area contributed by atoms with Crippen molar-refractivity contribution < 1.29 is 19.4 Å². The quantitative estimate of drug-likeness (QED) is 0.436. The number of rotatable bonds is 5. The van der Waals surface area contributed by atoms with Gasteiger partial charge >= 0.3 is 5.97 Å². The lowest BCUT2D eigenvalue weighted by atomic mass is 10.2. The van der Waals surface area contributed by atoms with Gasteiger partial charge in [-0.15, -0.1) is 0 Å². The lowest BCUT2D eigenvalue weighted by Crippen LogP contribution is -2.08. The number of carbonyl (C=O) groups is 1. The van der Waals surface area contributed by atoms with Gasteiger partial charge < -0.3 is 20.3 Å². The molecule has 0 aliphatic rings. The molecule has 1 aromatic rings. The molecule has 5 heteroatoms. The van der Waals surface area contributed by atoms with Gasteiger partial charge in [-0.05, 0) is 19.1 Å². The highest BCUT2D eigenvalue weighted by atomic mass is 16.7. The Balaban J connectivity index is 2.87. The molecule has 0 unspecified atom stereocenters. The van der Waals surface area contributed by atoms with Gasteiger partial charge in [0.15, 0.2) is 12.5 Å². The average molecular weight is 211 g/mol. The summed E-state index contributed by atoms with van der Waals surface area (Å²) in [5.41, 5.74) is 5.92. The van der Waals surface area contributed by atoms with Crippen molar-refractivity contribution >= 4 is 11.7 Å². The molecule has 0 aliphatic heterocycles. The largest absolute Gasteiger partial charge is 0.478 e. The number of para-hydroxylation sites is 1. The number of hydrogen-bond acceptors (Lipinski definition) is 4. The van der Waals surface area contributed by atoms with E-state index in [1.54, 1.807) is 12.1 Å². The molecule has 0 atom stereocenters. The molecule has 15 heavy (non-hydrogen) atoms. The fourth-order valence-electron chi connectivity index (χ4n) is 1.07. The van der Waals surface area contributed by atoms with Gasteiger partial charge in [0.05, 0.1) is 5.69 Å². The summed E-state index contributed by atoms with van der Waals surface area (Å²) in [5.74, 6) is -0.924. The fourth-order valence-corrected chi connectivity index (χ4v) is 1.07. The lowest BCUT2D eigenvalue weighted by molar-refractivity contribution is 0.0218. The van der Waals surface area contributed by atoms with Crippen molar-refractivity contribution in [3.05, 3.63) is 23.8 Å². The van der Waals surface area contributed by atoms with Crippen molar-refractivity contribution in [3.8, 4) is 5.75 Å². The highest BCUT2D eigenvalue weighted by molar-refractivity contribution is 5.93. The number of anilines is 1. The molecule has 0 amide bonds. The highest BCUT2D eigenvalue weighted by Crippen LogP contribution is 2.26. The van der Waals surface area contributed by atoms with Gasteiger partial charge in [-0.3, -0.25) is 0 Å². The third-order valence-corrected chi connectivity index (χ3v) is 1.77. The number of aromatic carboxylic acids is 1. The normalized spacial score (nSPS) is 9.93. The summed E-state index contributed by atoms with van der Waals surface area (Å²) in [7, 11) is 0. The second-order valence-corrected chi connectivity index (χ2v) is 2.78. The Morgan fingerprint density at radius 1 is 1.53 bits per heavy atom. The van der Waals surface area contributed by atoms with E-state index >= 15 is 0 Å². The first-order valence-corrected chi connectivity index (χ1v) is 4.49. The third kappa shape index (κ3) is 2.85. The third-order valence-electron chi connectivity index (χ3n) is 1.77. The van der Waals surface area contributed by atoms with Crippen LogP contribution < -0.4 is 10.5 Å². The minimum absolute atomic E-state index is 0.00894. The van der Waals surface area contributed by atoms with E-state index < -0.39 is 5.97 Å². The molecule has 0 aromatic heterocycles. The van der Waals surface area contributed by atoms with Crippen LogP contribution in [0.3, 0.4) is 0 Å². The van der Waals surface area contributed by atoms with Crippen LogP contribution in [0.1, 0.15) is 17.3 Å². The Morgan fingerprint density at radius 2 is 2.27 bits per heavy atom. The van der Waals surface area contributed by atoms with E-state index in [1.807, 2.05) is 6.92 Å². The highest BCUT2D eigenvalue weighted by Gasteiger charge is 2.13. The standard InChI is InChI=1S/C10H13NO4/c1-2-14-6-15-9-7(10(12)13)4-3-5-8(9)11/h3-5H,2,6,11H2,1H3,(H,12,13). The van der Waals surface area contributed by atoms with Crippen LogP contribution in [0.15, 0.2) is 18.2 Å². The summed E-state index contributed by atoms with van der Waals surface area (Å²) in [6.07, 6.45) is 0. The summed E-state index contributed by atoms with van der Waals surface area (Å²) in [5, 5.41) is 8.87. The van der Waals surface area contributed by atoms with Crippen molar-refractivity contribution in [2.24, 2.45) is 0 Å². The number of carboxylic acids is 1. The predicted molar refractivity (Wildman–Crippen MR) is 54.9 cm³/mol. The van der Waals surface area contributed by atoms with Crippen LogP contribution in [0.25, 0.3) is 0 Å². The fraction of sp³-hybridized carbons (Fsp3) is 0.300. The monoisotopic (exact) mass is 211 g/mol. The molecule has 0 spiro atoms. The van der Waals surface area contributed by atoms with Gasteiger partial charge in [-0.1, -0.05) is 6.07 Å². The first-order chi connectivity index (χ1) is 7.16. The van der Waals surface area contributed by atoms with Gasteiger partial charge in [0.25, 0.3) is 0 Å². The van der Waals surface area contributed by atoms with Gasteiger partial charge in [0.1, 0.15) is 5.56 Å². The van der Waals surface area contributed by atoms with E-state index in [1.165, 1.54) is 6.07 Å². The van der Waals surface area contributed by atoms with Gasteiger partial charge in [0.2, 0.25) is 0 Å². The molecule has 0 aliphatic carbocycles. The van der Waals surface area contributed by atoms with Crippen LogP contribution in [-0.2, 0) is 4.74 Å². The average Bonchev–Trinajstić information content (AvgIpc) is 2.20. The number of benzene rings is 1. The zero-order chi connectivity index (χ0) is 11.3. The Bertz CT molecular complexity index is 351. The van der Waals surface area contributed by atoms with Crippen molar-refractivity contribution in [3.63, 3.8) is 0 Å². The summed E-state index contributed by atoms with van der Waals surface area (Å²) >= 11 is 0. The topological polar surface area (TPSA) is 81.8 Å². The van der Waals surface area contributed by atoms with Crippen molar-refractivity contribution in [2.45, 2.75) is 6.92 Å². The van der Waals surface area contributed by atoms with Crippen LogP contribution >= 0.6 is 0 Å². The van der Waals surface area contributed by atoms with Crippen LogP contribution in [-0.4, -0.2) is 24.5 Å². The van der Waals surface area contributed by atoms with Crippen molar-refractivity contribution in [2.75, 3.05) is 19.1 Å². The Kier molecular flexibility index (Phi) is 3.93. The van der Waals surface area contributed by atoms with E-state index in [4.69, 9.17) is 20.3 Å². The number of carboxylic acid groups (broad SMARTS) is 1. The Hall–Kier alpha value is -1.75. The zero-order valence-electron chi connectivity index (χ0n) is 8.40. The van der Waals surface area contributed by atoms with Crippen LogP contribution in [0.2, 0.25) is 0 Å². The van der Waals surface area contributed by atoms with E-state index in [9.17, 15) is 4.79 Å². The van der Waals surface area contributed by atoms with Crippen LogP contribution in [0, 0.1) is 0 Å². The molecule has 3 N–H and O–H groups in total. The first kappa shape index (κ1) is 11.3. The first-order valence-electron chi connectivity index (χ1n) is 4.49. The molecule has 1 rings (SSSR count). The van der Waals surface area contributed by atoms with Crippen LogP contribution in [0.4, 0.5) is 5.69 Å². The molecule has 0 radical (unpaired) electrons. The zero-order valence-corrected chi connectivity index (χ0v) is 8.40. The van der Waals surface area contributed by atoms with Gasteiger partial charge in [0, 0.05) is 6.61 Å². The second kappa shape index (κ2) is 5.21. The molecular weight excluding hydrogens is 198 g/mol. The molecule has 0 fully saturated rings. The van der Waals surface area contributed by atoms with Crippen LogP contribution in [0.5, 0.6) is 5.75 Å². The summed E-state index contributed by atoms with van der Waals surface area (Å²) in [6, 6.07) is 4.57. The SMILES string of the molecule is CCOCOc1c(N)cccc1C(=O)O. The summed E-state index contributed by atoms with van der Waals surface area (Å²) in [4.78, 5) is 10.8. The molecule has 0 saturated carbocycles. The number of ether oxygens (including phenoxy) is 2. The van der Waals surface area contributed by atoms with E-state index in [0.717, 1.165) is 0 Å². The Labute approximate surface area is 87.4 Å². The number of nitrogens with two attached hydrogens (primary N) is 1. The van der Waals surface area contributed by atoms with E-state index in [0.29, 0.717) is 6.61 Å². The Morgan fingerprint density at radius 3 is 2.87 bits per heavy atom. The maximum absolute atomic E-state index is 10.8. The van der Waals surface area contributed by atoms with Crippen molar-refractivity contribution in [1.29, 1.82) is 0 Å². The number of nitrogen functional groups attached to an aromatic ring is 1. The second-order valence-electron chi connectivity index (χ2n) is 2.78. The van der Waals surface area contributed by atoms with E-state index in [2.05, 4.69) is 0 Å². The maximum atomic E-state index is 10.8. The molecule has 0 saturated heterocycles. The molecule has 82 valence electrons.